The maximum Gasteiger partial charge on any atom is 0.338 e. The molecule has 2 amide bonds. The maximum atomic E-state index is 12.6. The lowest BCUT2D eigenvalue weighted by Crippen LogP contribution is -2.39. The van der Waals surface area contributed by atoms with Crippen LogP contribution in [0.4, 0.5) is 11.4 Å². The largest absolute Gasteiger partial charge is 0.462 e. The molecule has 0 saturated heterocycles. The van der Waals surface area contributed by atoms with Gasteiger partial charge in [-0.05, 0) is 43.3 Å². The van der Waals surface area contributed by atoms with E-state index >= 15 is 0 Å². The van der Waals surface area contributed by atoms with Crippen LogP contribution in [0.2, 0.25) is 0 Å². The van der Waals surface area contributed by atoms with Gasteiger partial charge in [-0.15, -0.1) is 11.8 Å². The highest BCUT2D eigenvalue weighted by Crippen LogP contribution is 2.38. The molecule has 7 heteroatoms. The average Bonchev–Trinajstić information content (AvgIpc) is 2.67. The van der Waals surface area contributed by atoms with Crippen molar-refractivity contribution < 1.29 is 19.1 Å². The maximum absolute atomic E-state index is 12.6. The molecule has 1 aliphatic rings. The predicted octanol–water partition coefficient (Wildman–Crippen LogP) is 3.55. The number of carbonyl (C=O) groups is 3. The van der Waals surface area contributed by atoms with Crippen molar-refractivity contribution in [2.24, 2.45) is 5.92 Å². The number of carbonyl (C=O) groups excluding carboxylic acids is 3. The summed E-state index contributed by atoms with van der Waals surface area (Å²) in [4.78, 5) is 37.6. The van der Waals surface area contributed by atoms with Gasteiger partial charge >= 0.3 is 5.97 Å². The molecule has 1 heterocycles. The van der Waals surface area contributed by atoms with E-state index in [0.717, 1.165) is 10.6 Å². The van der Waals surface area contributed by atoms with Crippen molar-refractivity contribution in [2.75, 3.05) is 17.2 Å². The Morgan fingerprint density at radius 3 is 2.59 bits per heavy atom. The van der Waals surface area contributed by atoms with Gasteiger partial charge in [-0.25, -0.2) is 4.79 Å². The van der Waals surface area contributed by atoms with Crippen molar-refractivity contribution in [3.63, 3.8) is 0 Å². The van der Waals surface area contributed by atoms with E-state index in [4.69, 9.17) is 4.74 Å². The van der Waals surface area contributed by atoms with Gasteiger partial charge in [0.2, 0.25) is 11.8 Å². The Hall–Kier alpha value is -2.80. The van der Waals surface area contributed by atoms with Gasteiger partial charge in [0.05, 0.1) is 29.0 Å². The van der Waals surface area contributed by atoms with Crippen LogP contribution in [0.3, 0.4) is 0 Å². The number of nitrogens with one attached hydrogen (secondary N) is 2. The van der Waals surface area contributed by atoms with Crippen LogP contribution in [0.1, 0.15) is 24.2 Å². The summed E-state index contributed by atoms with van der Waals surface area (Å²) in [6.07, 6.45) is 0. The highest BCUT2D eigenvalue weighted by atomic mass is 32.2. The molecule has 0 spiro atoms. The number of amides is 2. The zero-order valence-electron chi connectivity index (χ0n) is 15.0. The Bertz CT molecular complexity index is 867. The summed E-state index contributed by atoms with van der Waals surface area (Å²) in [6.45, 7) is 3.78. The van der Waals surface area contributed by atoms with E-state index in [2.05, 4.69) is 10.6 Å². The molecule has 2 unspecified atom stereocenters. The van der Waals surface area contributed by atoms with Gasteiger partial charge in [0.25, 0.3) is 0 Å². The summed E-state index contributed by atoms with van der Waals surface area (Å²) in [7, 11) is 0. The Kier molecular flexibility index (Phi) is 5.81. The van der Waals surface area contributed by atoms with Gasteiger partial charge in [-0.2, -0.15) is 0 Å². The molecule has 2 aromatic carbocycles. The van der Waals surface area contributed by atoms with Crippen LogP contribution in [0.15, 0.2) is 53.4 Å². The smallest absolute Gasteiger partial charge is 0.338 e. The van der Waals surface area contributed by atoms with Crippen molar-refractivity contribution in [2.45, 2.75) is 24.0 Å². The van der Waals surface area contributed by atoms with Gasteiger partial charge in [-0.1, -0.05) is 19.1 Å². The second kappa shape index (κ2) is 8.26. The van der Waals surface area contributed by atoms with Crippen LogP contribution in [0.5, 0.6) is 0 Å². The van der Waals surface area contributed by atoms with E-state index in [1.54, 1.807) is 38.1 Å². The molecule has 0 fully saturated rings. The lowest BCUT2D eigenvalue weighted by Gasteiger charge is -2.27. The molecule has 0 radical (unpaired) electrons. The SMILES string of the molecule is CCOC(=O)c1ccc(NC(=O)C(C)C2Sc3ccccc3NC2=O)cc1. The fraction of sp³-hybridized carbons (Fsp3) is 0.250. The molecular weight excluding hydrogens is 364 g/mol. The average molecular weight is 384 g/mol. The quantitative estimate of drug-likeness (QED) is 0.770. The number of hydrogen-bond acceptors (Lipinski definition) is 5. The van der Waals surface area contributed by atoms with Gasteiger partial charge in [0.1, 0.15) is 0 Å². The molecule has 0 bridgehead atoms. The van der Waals surface area contributed by atoms with Crippen molar-refractivity contribution in [3.8, 4) is 0 Å². The highest BCUT2D eigenvalue weighted by molar-refractivity contribution is 8.01. The Balaban J connectivity index is 1.66. The number of rotatable bonds is 5. The molecule has 2 N–H and O–H groups in total. The van der Waals surface area contributed by atoms with Crippen molar-refractivity contribution in [1.29, 1.82) is 0 Å². The lowest BCUT2D eigenvalue weighted by atomic mass is 10.1. The van der Waals surface area contributed by atoms with Crippen LogP contribution in [-0.2, 0) is 14.3 Å². The second-order valence-electron chi connectivity index (χ2n) is 6.10. The van der Waals surface area contributed by atoms with Gasteiger partial charge in [0, 0.05) is 10.6 Å². The summed E-state index contributed by atoms with van der Waals surface area (Å²) >= 11 is 1.39. The topological polar surface area (TPSA) is 84.5 Å². The fourth-order valence-electron chi connectivity index (χ4n) is 2.69. The van der Waals surface area contributed by atoms with Crippen LogP contribution in [0, 0.1) is 5.92 Å². The zero-order valence-corrected chi connectivity index (χ0v) is 15.8. The molecule has 6 nitrogen and oxygen atoms in total. The Morgan fingerprint density at radius 2 is 1.89 bits per heavy atom. The third-order valence-corrected chi connectivity index (χ3v) is 5.67. The van der Waals surface area contributed by atoms with Crippen molar-refractivity contribution in [1.82, 2.24) is 0 Å². The molecular formula is C20H20N2O4S. The number of thioether (sulfide) groups is 1. The molecule has 2 aromatic rings. The second-order valence-corrected chi connectivity index (χ2v) is 7.28. The molecule has 0 aromatic heterocycles. The molecule has 0 saturated carbocycles. The molecule has 140 valence electrons. The number of esters is 1. The van der Waals surface area contributed by atoms with E-state index in [0.29, 0.717) is 17.9 Å². The van der Waals surface area contributed by atoms with E-state index in [1.807, 2.05) is 24.3 Å². The molecule has 1 aliphatic heterocycles. The van der Waals surface area contributed by atoms with Gasteiger partial charge in [0.15, 0.2) is 0 Å². The summed E-state index contributed by atoms with van der Waals surface area (Å²) in [6, 6.07) is 14.0. The summed E-state index contributed by atoms with van der Waals surface area (Å²) < 4.78 is 4.93. The Labute approximate surface area is 161 Å². The lowest BCUT2D eigenvalue weighted by molar-refractivity contribution is -0.123. The highest BCUT2D eigenvalue weighted by Gasteiger charge is 2.35. The molecule has 0 aliphatic carbocycles. The summed E-state index contributed by atoms with van der Waals surface area (Å²) in [5.41, 5.74) is 1.74. The van der Waals surface area contributed by atoms with Crippen LogP contribution in [-0.4, -0.2) is 29.6 Å². The zero-order chi connectivity index (χ0) is 19.4. The standard InChI is InChI=1S/C20H20N2O4S/c1-3-26-20(25)13-8-10-14(11-9-13)21-18(23)12(2)17-19(24)22-15-6-4-5-7-16(15)27-17/h4-12,17H,3H2,1-2H3,(H,21,23)(H,22,24). The van der Waals surface area contributed by atoms with Crippen LogP contribution >= 0.6 is 11.8 Å². The van der Waals surface area contributed by atoms with Crippen molar-refractivity contribution >= 4 is 40.9 Å². The van der Waals surface area contributed by atoms with E-state index < -0.39 is 17.1 Å². The predicted molar refractivity (Wildman–Crippen MR) is 105 cm³/mol. The third-order valence-electron chi connectivity index (χ3n) is 4.19. The molecule has 27 heavy (non-hydrogen) atoms. The third kappa shape index (κ3) is 4.31. The normalized spacial score (nSPS) is 16.7. The van der Waals surface area contributed by atoms with E-state index in [9.17, 15) is 14.4 Å². The number of benzene rings is 2. The van der Waals surface area contributed by atoms with Gasteiger partial charge < -0.3 is 15.4 Å². The van der Waals surface area contributed by atoms with E-state index in [-0.39, 0.29) is 11.8 Å². The fourth-order valence-corrected chi connectivity index (χ4v) is 3.86. The first-order chi connectivity index (χ1) is 13.0. The van der Waals surface area contributed by atoms with E-state index in [1.165, 1.54) is 11.8 Å². The summed E-state index contributed by atoms with van der Waals surface area (Å²) in [5, 5.41) is 5.13. The van der Waals surface area contributed by atoms with Gasteiger partial charge in [-0.3, -0.25) is 9.59 Å². The monoisotopic (exact) mass is 384 g/mol. The number of hydrogen-bond donors (Lipinski definition) is 2. The van der Waals surface area contributed by atoms with Crippen molar-refractivity contribution in [3.05, 3.63) is 54.1 Å². The number of fused-ring (bicyclic) bond motifs is 1. The molecule has 2 atom stereocenters. The first kappa shape index (κ1) is 19.0. The Morgan fingerprint density at radius 1 is 1.19 bits per heavy atom. The number of para-hydroxylation sites is 1. The minimum atomic E-state index is -0.534. The molecule has 3 rings (SSSR count). The minimum absolute atomic E-state index is 0.181. The first-order valence-electron chi connectivity index (χ1n) is 8.64. The summed E-state index contributed by atoms with van der Waals surface area (Å²) in [5.74, 6) is -1.38. The van der Waals surface area contributed by atoms with Crippen LogP contribution < -0.4 is 10.6 Å². The minimum Gasteiger partial charge on any atom is -0.462 e. The number of anilines is 2. The first-order valence-corrected chi connectivity index (χ1v) is 9.52. The number of ether oxygens (including phenoxy) is 1. The van der Waals surface area contributed by atoms with Crippen LogP contribution in [0.25, 0.3) is 0 Å².